The molecule has 0 spiro atoms. The first-order valence-electron chi connectivity index (χ1n) is 6.03. The van der Waals surface area contributed by atoms with Crippen LogP contribution in [0.2, 0.25) is 5.28 Å². The molecule has 0 fully saturated rings. The molecule has 0 aliphatic carbocycles. The number of methoxy groups -OCH3 is 1. The predicted octanol–water partition coefficient (Wildman–Crippen LogP) is 3.23. The second-order valence-corrected chi connectivity index (χ2v) is 4.28. The Morgan fingerprint density at radius 2 is 2.00 bits per heavy atom. The molecule has 0 aliphatic heterocycles. The van der Waals surface area contributed by atoms with Gasteiger partial charge in [-0.25, -0.2) is 0 Å². The maximum atomic E-state index is 5.81. The molecule has 1 aromatic carbocycles. The fourth-order valence-electron chi connectivity index (χ4n) is 1.73. The summed E-state index contributed by atoms with van der Waals surface area (Å²) in [6.45, 7) is 2.14. The zero-order valence-corrected chi connectivity index (χ0v) is 11.6. The maximum Gasteiger partial charge on any atom is 0.322 e. The van der Waals surface area contributed by atoms with Crippen LogP contribution in [0.15, 0.2) is 24.3 Å². The molecule has 100 valence electrons. The molecule has 0 saturated heterocycles. The van der Waals surface area contributed by atoms with Gasteiger partial charge in [-0.1, -0.05) is 31.5 Å². The molecule has 2 rings (SSSR count). The summed E-state index contributed by atoms with van der Waals surface area (Å²) in [5.74, 6) is 0.375. The molecule has 1 heterocycles. The molecule has 0 saturated carbocycles. The van der Waals surface area contributed by atoms with E-state index in [1.54, 1.807) is 0 Å². The summed E-state index contributed by atoms with van der Waals surface area (Å²) < 4.78 is 4.96. The summed E-state index contributed by atoms with van der Waals surface area (Å²) in [6, 6.07) is 8.22. The molecule has 0 radical (unpaired) electrons. The van der Waals surface area contributed by atoms with Crippen molar-refractivity contribution in [2.45, 2.75) is 19.8 Å². The van der Waals surface area contributed by atoms with Crippen LogP contribution in [0.5, 0.6) is 6.01 Å². The monoisotopic (exact) mass is 278 g/mol. The number of hydrogen-bond donors (Lipinski definition) is 1. The average Bonchev–Trinajstić information content (AvgIpc) is 2.40. The highest BCUT2D eigenvalue weighted by Crippen LogP contribution is 2.21. The number of nitrogens with one attached hydrogen (secondary N) is 1. The van der Waals surface area contributed by atoms with Gasteiger partial charge in [0.25, 0.3) is 0 Å². The van der Waals surface area contributed by atoms with Crippen molar-refractivity contribution in [2.75, 3.05) is 12.4 Å². The fourth-order valence-corrected chi connectivity index (χ4v) is 1.88. The predicted molar refractivity (Wildman–Crippen MR) is 75.1 cm³/mol. The summed E-state index contributed by atoms with van der Waals surface area (Å²) >= 11 is 5.81. The van der Waals surface area contributed by atoms with Gasteiger partial charge in [-0.15, -0.1) is 0 Å². The van der Waals surface area contributed by atoms with Crippen molar-refractivity contribution in [2.24, 2.45) is 0 Å². The van der Waals surface area contributed by atoms with Gasteiger partial charge in [0, 0.05) is 5.69 Å². The van der Waals surface area contributed by atoms with E-state index < -0.39 is 0 Å². The molecule has 1 aromatic heterocycles. The normalized spacial score (nSPS) is 10.3. The zero-order valence-electron chi connectivity index (χ0n) is 10.9. The van der Waals surface area contributed by atoms with E-state index in [-0.39, 0.29) is 11.3 Å². The molecule has 0 unspecified atom stereocenters. The van der Waals surface area contributed by atoms with E-state index in [2.05, 4.69) is 33.3 Å². The van der Waals surface area contributed by atoms with Gasteiger partial charge in [0.15, 0.2) is 0 Å². The summed E-state index contributed by atoms with van der Waals surface area (Å²) in [7, 11) is 1.49. The highest BCUT2D eigenvalue weighted by atomic mass is 35.5. The quantitative estimate of drug-likeness (QED) is 0.910. The molecule has 0 amide bonds. The highest BCUT2D eigenvalue weighted by Gasteiger charge is 2.07. The van der Waals surface area contributed by atoms with Crippen LogP contribution in [0.3, 0.4) is 0 Å². The number of aromatic nitrogens is 3. The van der Waals surface area contributed by atoms with E-state index in [9.17, 15) is 0 Å². The Bertz CT molecular complexity index is 562. The van der Waals surface area contributed by atoms with Gasteiger partial charge in [0.1, 0.15) is 0 Å². The van der Waals surface area contributed by atoms with Crippen molar-refractivity contribution < 1.29 is 4.74 Å². The molecule has 19 heavy (non-hydrogen) atoms. The minimum atomic E-state index is 0.0994. The molecular weight excluding hydrogens is 264 g/mol. The van der Waals surface area contributed by atoms with E-state index in [0.717, 1.165) is 18.5 Å². The second kappa shape index (κ2) is 6.33. The Labute approximate surface area is 117 Å². The van der Waals surface area contributed by atoms with Crippen LogP contribution in [0, 0.1) is 0 Å². The number of anilines is 2. The number of rotatable bonds is 5. The van der Waals surface area contributed by atoms with Gasteiger partial charge in [-0.2, -0.15) is 15.0 Å². The number of halogens is 1. The number of nitrogens with zero attached hydrogens (tertiary/aromatic N) is 3. The van der Waals surface area contributed by atoms with E-state index >= 15 is 0 Å². The van der Waals surface area contributed by atoms with Crippen LogP contribution in [-0.4, -0.2) is 22.1 Å². The molecule has 0 bridgehead atoms. The van der Waals surface area contributed by atoms with Crippen LogP contribution in [0.1, 0.15) is 18.9 Å². The highest BCUT2D eigenvalue weighted by molar-refractivity contribution is 6.28. The summed E-state index contributed by atoms with van der Waals surface area (Å²) in [5.41, 5.74) is 2.18. The lowest BCUT2D eigenvalue weighted by Gasteiger charge is -2.10. The van der Waals surface area contributed by atoms with Gasteiger partial charge in [-0.3, -0.25) is 0 Å². The Hall–Kier alpha value is -1.88. The van der Waals surface area contributed by atoms with E-state index in [0.29, 0.717) is 5.95 Å². The van der Waals surface area contributed by atoms with Crippen LogP contribution < -0.4 is 10.1 Å². The lowest BCUT2D eigenvalue weighted by Crippen LogP contribution is -2.03. The van der Waals surface area contributed by atoms with Crippen molar-refractivity contribution in [1.82, 2.24) is 15.0 Å². The lowest BCUT2D eigenvalue weighted by atomic mass is 10.1. The van der Waals surface area contributed by atoms with Crippen LogP contribution >= 0.6 is 11.6 Å². The Morgan fingerprint density at radius 3 is 2.74 bits per heavy atom. The smallest absolute Gasteiger partial charge is 0.322 e. The van der Waals surface area contributed by atoms with Crippen LogP contribution in [0.4, 0.5) is 11.6 Å². The molecule has 0 aliphatic rings. The minimum absolute atomic E-state index is 0.0994. The van der Waals surface area contributed by atoms with Crippen molar-refractivity contribution >= 4 is 23.2 Å². The Kier molecular flexibility index (Phi) is 4.52. The third kappa shape index (κ3) is 3.54. The topological polar surface area (TPSA) is 59.9 Å². The van der Waals surface area contributed by atoms with Gasteiger partial charge in [0.05, 0.1) is 7.11 Å². The summed E-state index contributed by atoms with van der Waals surface area (Å²) in [6.07, 6.45) is 2.05. The first kappa shape index (κ1) is 13.5. The Morgan fingerprint density at radius 1 is 1.21 bits per heavy atom. The third-order valence-corrected chi connectivity index (χ3v) is 2.72. The largest absolute Gasteiger partial charge is 0.467 e. The molecule has 2 aromatic rings. The number of benzene rings is 1. The second-order valence-electron chi connectivity index (χ2n) is 3.95. The van der Waals surface area contributed by atoms with Crippen molar-refractivity contribution in [3.63, 3.8) is 0 Å². The zero-order chi connectivity index (χ0) is 13.7. The van der Waals surface area contributed by atoms with Crippen molar-refractivity contribution in [1.29, 1.82) is 0 Å². The average molecular weight is 279 g/mol. The van der Waals surface area contributed by atoms with Gasteiger partial charge in [0.2, 0.25) is 11.2 Å². The fraction of sp³-hybridized carbons (Fsp3) is 0.308. The lowest BCUT2D eigenvalue weighted by molar-refractivity contribution is 0.379. The van der Waals surface area contributed by atoms with E-state index in [1.165, 1.54) is 12.7 Å². The van der Waals surface area contributed by atoms with E-state index in [4.69, 9.17) is 16.3 Å². The van der Waals surface area contributed by atoms with Crippen LogP contribution in [-0.2, 0) is 6.42 Å². The number of aryl methyl sites for hydroxylation is 1. The first-order chi connectivity index (χ1) is 9.22. The standard InChI is InChI=1S/C13H15ClN4O/c1-3-6-9-7-4-5-8-10(9)15-12-16-11(14)17-13(18-12)19-2/h4-5,7-8H,3,6H2,1-2H3,(H,15,16,17,18). The van der Waals surface area contributed by atoms with Gasteiger partial charge >= 0.3 is 6.01 Å². The molecule has 1 N–H and O–H groups in total. The molecule has 6 heteroatoms. The number of hydrogen-bond acceptors (Lipinski definition) is 5. The summed E-state index contributed by atoms with van der Waals surface area (Å²) in [5, 5.41) is 3.25. The number of para-hydroxylation sites is 1. The summed E-state index contributed by atoms with van der Waals surface area (Å²) in [4.78, 5) is 12.0. The number of ether oxygens (including phenoxy) is 1. The van der Waals surface area contributed by atoms with Crippen molar-refractivity contribution in [3.8, 4) is 6.01 Å². The third-order valence-electron chi connectivity index (χ3n) is 2.55. The first-order valence-corrected chi connectivity index (χ1v) is 6.41. The Balaban J connectivity index is 2.28. The van der Waals surface area contributed by atoms with Crippen molar-refractivity contribution in [3.05, 3.63) is 35.1 Å². The molecule has 0 atom stereocenters. The van der Waals surface area contributed by atoms with Crippen LogP contribution in [0.25, 0.3) is 0 Å². The van der Waals surface area contributed by atoms with Gasteiger partial charge < -0.3 is 10.1 Å². The van der Waals surface area contributed by atoms with E-state index in [1.807, 2.05) is 18.2 Å². The SMILES string of the molecule is CCCc1ccccc1Nc1nc(Cl)nc(OC)n1. The molecular formula is C13H15ClN4O. The maximum absolute atomic E-state index is 5.81. The molecule has 5 nitrogen and oxygen atoms in total. The van der Waals surface area contributed by atoms with Gasteiger partial charge in [-0.05, 0) is 29.7 Å². The minimum Gasteiger partial charge on any atom is -0.467 e.